The molecule has 2 rings (SSSR count). The summed E-state index contributed by atoms with van der Waals surface area (Å²) in [5.41, 5.74) is 2.20. The van der Waals surface area contributed by atoms with Gasteiger partial charge in [0.2, 0.25) is 0 Å². The fraction of sp³-hybridized carbons (Fsp3) is 0.294. The van der Waals surface area contributed by atoms with Crippen LogP contribution in [0.2, 0.25) is 0 Å². The molecule has 0 amide bonds. The van der Waals surface area contributed by atoms with E-state index in [4.69, 9.17) is 4.74 Å². The molecule has 0 aromatic heterocycles. The number of aryl methyl sites for hydroxylation is 1. The van der Waals surface area contributed by atoms with E-state index in [1.807, 2.05) is 19.1 Å². The van der Waals surface area contributed by atoms with Crippen LogP contribution in [0.3, 0.4) is 0 Å². The van der Waals surface area contributed by atoms with E-state index in [9.17, 15) is 4.39 Å². The highest BCUT2D eigenvalue weighted by Gasteiger charge is 2.07. The minimum absolute atomic E-state index is 0.291. The summed E-state index contributed by atoms with van der Waals surface area (Å²) in [6.45, 7) is 7.01. The number of hydrogen-bond acceptors (Lipinski definition) is 2. The van der Waals surface area contributed by atoms with Crippen LogP contribution in [0.25, 0.3) is 0 Å². The minimum atomic E-state index is -0.291. The smallest absolute Gasteiger partial charge is 0.141 e. The molecule has 0 unspecified atom stereocenters. The Hall–Kier alpha value is -1.39. The van der Waals surface area contributed by atoms with Crippen molar-refractivity contribution in [2.24, 2.45) is 0 Å². The molecular formula is C17H19BrFNO. The summed E-state index contributed by atoms with van der Waals surface area (Å²) in [6.07, 6.45) is 0. The van der Waals surface area contributed by atoms with Crippen LogP contribution in [-0.4, -0.2) is 6.04 Å². The molecule has 2 aromatic rings. The maximum Gasteiger partial charge on any atom is 0.141 e. The largest absolute Gasteiger partial charge is 0.456 e. The average molecular weight is 352 g/mol. The van der Waals surface area contributed by atoms with E-state index in [0.717, 1.165) is 23.4 Å². The highest BCUT2D eigenvalue weighted by Crippen LogP contribution is 2.32. The van der Waals surface area contributed by atoms with E-state index in [0.29, 0.717) is 16.3 Å². The first-order chi connectivity index (χ1) is 9.95. The third kappa shape index (κ3) is 4.55. The fourth-order valence-electron chi connectivity index (χ4n) is 1.86. The maximum absolute atomic E-state index is 13.1. The lowest BCUT2D eigenvalue weighted by Crippen LogP contribution is -2.21. The van der Waals surface area contributed by atoms with Gasteiger partial charge in [-0.05, 0) is 58.2 Å². The standard InChI is InChI=1S/C17H19BrFNO/c1-11(2)20-10-13-5-4-12(3)17(8-13)21-16-7-6-14(19)9-15(16)18/h4-9,11,20H,10H2,1-3H3. The lowest BCUT2D eigenvalue weighted by Gasteiger charge is -2.13. The van der Waals surface area contributed by atoms with Crippen molar-refractivity contribution < 1.29 is 9.13 Å². The van der Waals surface area contributed by atoms with Crippen molar-refractivity contribution in [3.05, 3.63) is 57.8 Å². The van der Waals surface area contributed by atoms with Crippen molar-refractivity contribution in [3.63, 3.8) is 0 Å². The van der Waals surface area contributed by atoms with Gasteiger partial charge in [-0.25, -0.2) is 4.39 Å². The first kappa shape index (κ1) is 16.0. The van der Waals surface area contributed by atoms with Crippen molar-refractivity contribution >= 4 is 15.9 Å². The Kier molecular flexibility index (Phi) is 5.37. The third-order valence-corrected chi connectivity index (χ3v) is 3.70. The molecule has 1 N–H and O–H groups in total. The van der Waals surface area contributed by atoms with Gasteiger partial charge in [-0.2, -0.15) is 0 Å². The van der Waals surface area contributed by atoms with Gasteiger partial charge in [0, 0.05) is 12.6 Å². The van der Waals surface area contributed by atoms with Crippen LogP contribution >= 0.6 is 15.9 Å². The molecule has 0 spiro atoms. The predicted octanol–water partition coefficient (Wildman–Crippen LogP) is 5.19. The molecule has 0 fully saturated rings. The molecule has 0 atom stereocenters. The zero-order chi connectivity index (χ0) is 15.4. The van der Waals surface area contributed by atoms with E-state index in [-0.39, 0.29) is 5.82 Å². The summed E-state index contributed by atoms with van der Waals surface area (Å²) in [7, 11) is 0. The van der Waals surface area contributed by atoms with Crippen LogP contribution in [0.15, 0.2) is 40.9 Å². The van der Waals surface area contributed by atoms with E-state index >= 15 is 0 Å². The number of benzene rings is 2. The van der Waals surface area contributed by atoms with Crippen LogP contribution in [0.4, 0.5) is 4.39 Å². The Morgan fingerprint density at radius 2 is 1.90 bits per heavy atom. The fourth-order valence-corrected chi connectivity index (χ4v) is 2.29. The Balaban J connectivity index is 2.20. The summed E-state index contributed by atoms with van der Waals surface area (Å²) in [4.78, 5) is 0. The molecule has 2 nitrogen and oxygen atoms in total. The maximum atomic E-state index is 13.1. The molecule has 0 aliphatic heterocycles. The van der Waals surface area contributed by atoms with Crippen molar-refractivity contribution in [1.82, 2.24) is 5.32 Å². The molecule has 0 heterocycles. The van der Waals surface area contributed by atoms with Gasteiger partial charge in [-0.3, -0.25) is 0 Å². The van der Waals surface area contributed by atoms with E-state index in [1.165, 1.54) is 12.1 Å². The van der Waals surface area contributed by atoms with E-state index in [2.05, 4.69) is 41.2 Å². The van der Waals surface area contributed by atoms with Gasteiger partial charge in [-0.15, -0.1) is 0 Å². The molecule has 2 aromatic carbocycles. The number of nitrogens with one attached hydrogen (secondary N) is 1. The predicted molar refractivity (Wildman–Crippen MR) is 87.3 cm³/mol. The summed E-state index contributed by atoms with van der Waals surface area (Å²) in [5.74, 6) is 1.10. The molecule has 0 bridgehead atoms. The molecule has 0 aliphatic rings. The molecule has 0 aliphatic carbocycles. The van der Waals surface area contributed by atoms with Gasteiger partial charge >= 0.3 is 0 Å². The van der Waals surface area contributed by atoms with Gasteiger partial charge < -0.3 is 10.1 Å². The zero-order valence-corrected chi connectivity index (χ0v) is 14.0. The molecule has 0 saturated carbocycles. The monoisotopic (exact) mass is 351 g/mol. The lowest BCUT2D eigenvalue weighted by atomic mass is 10.1. The number of hydrogen-bond donors (Lipinski definition) is 1. The second-order valence-electron chi connectivity index (χ2n) is 5.31. The Morgan fingerprint density at radius 1 is 1.14 bits per heavy atom. The summed E-state index contributed by atoms with van der Waals surface area (Å²) in [6, 6.07) is 11.0. The van der Waals surface area contributed by atoms with Crippen LogP contribution < -0.4 is 10.1 Å². The number of halogens is 2. The minimum Gasteiger partial charge on any atom is -0.456 e. The average Bonchev–Trinajstić information content (AvgIpc) is 2.42. The van der Waals surface area contributed by atoms with Gasteiger partial charge in [0.25, 0.3) is 0 Å². The summed E-state index contributed by atoms with van der Waals surface area (Å²) >= 11 is 3.32. The van der Waals surface area contributed by atoms with Crippen LogP contribution in [0.1, 0.15) is 25.0 Å². The van der Waals surface area contributed by atoms with Crippen LogP contribution in [-0.2, 0) is 6.54 Å². The van der Waals surface area contributed by atoms with Crippen molar-refractivity contribution in [1.29, 1.82) is 0 Å². The second-order valence-corrected chi connectivity index (χ2v) is 6.17. The summed E-state index contributed by atoms with van der Waals surface area (Å²) < 4.78 is 19.6. The normalized spacial score (nSPS) is 11.0. The molecule has 112 valence electrons. The third-order valence-electron chi connectivity index (χ3n) is 3.08. The molecule has 4 heteroatoms. The van der Waals surface area contributed by atoms with Crippen molar-refractivity contribution in [2.45, 2.75) is 33.4 Å². The number of rotatable bonds is 5. The van der Waals surface area contributed by atoms with Gasteiger partial charge in [0.15, 0.2) is 0 Å². The lowest BCUT2D eigenvalue weighted by molar-refractivity contribution is 0.472. The van der Waals surface area contributed by atoms with E-state index < -0.39 is 0 Å². The number of ether oxygens (including phenoxy) is 1. The van der Waals surface area contributed by atoms with Crippen LogP contribution in [0, 0.1) is 12.7 Å². The molecule has 21 heavy (non-hydrogen) atoms. The first-order valence-corrected chi connectivity index (χ1v) is 7.71. The topological polar surface area (TPSA) is 21.3 Å². The quantitative estimate of drug-likeness (QED) is 0.800. The van der Waals surface area contributed by atoms with Gasteiger partial charge in [0.05, 0.1) is 4.47 Å². The van der Waals surface area contributed by atoms with Gasteiger partial charge in [-0.1, -0.05) is 26.0 Å². The molecule has 0 saturated heterocycles. The van der Waals surface area contributed by atoms with Gasteiger partial charge in [0.1, 0.15) is 17.3 Å². The Labute approximate surface area is 133 Å². The van der Waals surface area contributed by atoms with E-state index in [1.54, 1.807) is 6.07 Å². The Bertz CT molecular complexity index is 628. The highest BCUT2D eigenvalue weighted by atomic mass is 79.9. The molecular weight excluding hydrogens is 333 g/mol. The van der Waals surface area contributed by atoms with Crippen molar-refractivity contribution in [3.8, 4) is 11.5 Å². The SMILES string of the molecule is Cc1ccc(CNC(C)C)cc1Oc1ccc(F)cc1Br. The van der Waals surface area contributed by atoms with Crippen LogP contribution in [0.5, 0.6) is 11.5 Å². The Morgan fingerprint density at radius 3 is 2.57 bits per heavy atom. The van der Waals surface area contributed by atoms with Crippen molar-refractivity contribution in [2.75, 3.05) is 0 Å². The zero-order valence-electron chi connectivity index (χ0n) is 12.4. The highest BCUT2D eigenvalue weighted by molar-refractivity contribution is 9.10. The summed E-state index contributed by atoms with van der Waals surface area (Å²) in [5, 5.41) is 3.38. The first-order valence-electron chi connectivity index (χ1n) is 6.91. The second kappa shape index (κ2) is 7.05. The molecule has 0 radical (unpaired) electrons.